The number of nitrogens with one attached hydrogen (secondary N) is 1. The highest BCUT2D eigenvalue weighted by atomic mass is 16.5. The van der Waals surface area contributed by atoms with Gasteiger partial charge in [0.1, 0.15) is 6.61 Å². The Labute approximate surface area is 121 Å². The molecule has 4 N–H and O–H groups in total. The standard InChI is InChI=1S/C14H16N2O5/c1-9-10(5-6-12(17)18)3-2-4-11(9)13(19)16-7-8-21-14(15)20/h2-6H,7-8H2,1H3,(H2,15,20)(H,16,19)(H,17,18)/b6-5+. The summed E-state index contributed by atoms with van der Waals surface area (Å²) in [5, 5.41) is 11.2. The van der Waals surface area contributed by atoms with Crippen LogP contribution in [0.25, 0.3) is 6.08 Å². The minimum absolute atomic E-state index is 0.0152. The fourth-order valence-corrected chi connectivity index (χ4v) is 1.65. The Balaban J connectivity index is 2.74. The van der Waals surface area contributed by atoms with Crippen molar-refractivity contribution in [3.63, 3.8) is 0 Å². The van der Waals surface area contributed by atoms with Gasteiger partial charge in [-0.2, -0.15) is 0 Å². The summed E-state index contributed by atoms with van der Waals surface area (Å²) < 4.78 is 4.49. The molecular weight excluding hydrogens is 276 g/mol. The van der Waals surface area contributed by atoms with Gasteiger partial charge in [0, 0.05) is 11.6 Å². The Morgan fingerprint density at radius 2 is 2.10 bits per heavy atom. The van der Waals surface area contributed by atoms with Crippen molar-refractivity contribution in [1.82, 2.24) is 5.32 Å². The zero-order chi connectivity index (χ0) is 15.8. The Bertz CT molecular complexity index is 581. The van der Waals surface area contributed by atoms with E-state index in [1.165, 1.54) is 6.08 Å². The fourth-order valence-electron chi connectivity index (χ4n) is 1.65. The van der Waals surface area contributed by atoms with Crippen LogP contribution in [0, 0.1) is 6.92 Å². The molecule has 7 nitrogen and oxygen atoms in total. The number of nitrogens with two attached hydrogens (primary N) is 1. The summed E-state index contributed by atoms with van der Waals surface area (Å²) in [6, 6.07) is 4.99. The quantitative estimate of drug-likeness (QED) is 0.532. The van der Waals surface area contributed by atoms with Crippen LogP contribution < -0.4 is 11.1 Å². The lowest BCUT2D eigenvalue weighted by Crippen LogP contribution is -2.29. The van der Waals surface area contributed by atoms with Crippen molar-refractivity contribution < 1.29 is 24.2 Å². The number of primary amides is 1. The minimum atomic E-state index is -1.06. The molecule has 1 rings (SSSR count). The molecule has 0 fully saturated rings. The number of carboxylic acid groups (broad SMARTS) is 1. The predicted octanol–water partition coefficient (Wildman–Crippen LogP) is 0.918. The molecule has 0 saturated heterocycles. The monoisotopic (exact) mass is 292 g/mol. The van der Waals surface area contributed by atoms with Crippen molar-refractivity contribution >= 4 is 24.0 Å². The maximum Gasteiger partial charge on any atom is 0.404 e. The summed E-state index contributed by atoms with van der Waals surface area (Å²) in [5.74, 6) is -1.40. The number of carboxylic acids is 1. The van der Waals surface area contributed by atoms with Gasteiger partial charge < -0.3 is 20.9 Å². The number of rotatable bonds is 6. The van der Waals surface area contributed by atoms with E-state index < -0.39 is 12.1 Å². The zero-order valence-corrected chi connectivity index (χ0v) is 11.5. The number of hydrogen-bond acceptors (Lipinski definition) is 4. The lowest BCUT2D eigenvalue weighted by molar-refractivity contribution is -0.131. The number of carbonyl (C=O) groups is 3. The molecule has 0 aliphatic carbocycles. The Kier molecular flexibility index (Phi) is 5.94. The van der Waals surface area contributed by atoms with Crippen LogP contribution in [0.5, 0.6) is 0 Å². The molecule has 0 aromatic heterocycles. The van der Waals surface area contributed by atoms with Gasteiger partial charge in [-0.3, -0.25) is 4.79 Å². The Morgan fingerprint density at radius 1 is 1.38 bits per heavy atom. The molecular formula is C14H16N2O5. The van der Waals surface area contributed by atoms with E-state index in [1.807, 2.05) is 0 Å². The predicted molar refractivity (Wildman–Crippen MR) is 75.7 cm³/mol. The molecule has 21 heavy (non-hydrogen) atoms. The molecule has 0 atom stereocenters. The van der Waals surface area contributed by atoms with Crippen LogP contribution in [0.3, 0.4) is 0 Å². The topological polar surface area (TPSA) is 119 Å². The van der Waals surface area contributed by atoms with Crippen molar-refractivity contribution in [2.75, 3.05) is 13.2 Å². The minimum Gasteiger partial charge on any atom is -0.478 e. The second-order valence-corrected chi connectivity index (χ2v) is 4.11. The maximum atomic E-state index is 12.0. The van der Waals surface area contributed by atoms with E-state index in [-0.39, 0.29) is 19.1 Å². The lowest BCUT2D eigenvalue weighted by Gasteiger charge is -2.09. The normalized spacial score (nSPS) is 10.3. The number of carbonyl (C=O) groups excluding carboxylic acids is 2. The van der Waals surface area contributed by atoms with Crippen LogP contribution in [-0.2, 0) is 9.53 Å². The Hall–Kier alpha value is -2.83. The third kappa shape index (κ3) is 5.35. The average molecular weight is 292 g/mol. The number of ether oxygens (including phenoxy) is 1. The molecule has 7 heteroatoms. The third-order valence-corrected chi connectivity index (χ3v) is 2.66. The number of benzene rings is 1. The van der Waals surface area contributed by atoms with Gasteiger partial charge in [-0.1, -0.05) is 12.1 Å². The van der Waals surface area contributed by atoms with Gasteiger partial charge in [0.25, 0.3) is 5.91 Å². The first-order valence-corrected chi connectivity index (χ1v) is 6.13. The van der Waals surface area contributed by atoms with Gasteiger partial charge in [0.05, 0.1) is 6.54 Å². The van der Waals surface area contributed by atoms with Crippen LogP contribution in [0.4, 0.5) is 4.79 Å². The van der Waals surface area contributed by atoms with E-state index in [2.05, 4.69) is 10.1 Å². The Morgan fingerprint density at radius 3 is 2.71 bits per heavy atom. The number of aliphatic carboxylic acids is 1. The summed E-state index contributed by atoms with van der Waals surface area (Å²) in [5.41, 5.74) is 6.50. The molecule has 0 unspecified atom stereocenters. The first kappa shape index (κ1) is 16.2. The molecule has 0 aliphatic heterocycles. The largest absolute Gasteiger partial charge is 0.478 e. The van der Waals surface area contributed by atoms with E-state index >= 15 is 0 Å². The van der Waals surface area contributed by atoms with Crippen LogP contribution in [0.2, 0.25) is 0 Å². The van der Waals surface area contributed by atoms with Crippen LogP contribution in [0.1, 0.15) is 21.5 Å². The van der Waals surface area contributed by atoms with Crippen molar-refractivity contribution in [2.24, 2.45) is 5.73 Å². The molecule has 2 amide bonds. The second-order valence-electron chi connectivity index (χ2n) is 4.11. The first-order valence-electron chi connectivity index (χ1n) is 6.13. The highest BCUT2D eigenvalue weighted by Gasteiger charge is 2.10. The molecule has 1 aromatic rings. The van der Waals surface area contributed by atoms with Crippen molar-refractivity contribution in [3.05, 3.63) is 41.0 Å². The molecule has 1 aromatic carbocycles. The maximum absolute atomic E-state index is 12.0. The summed E-state index contributed by atoms with van der Waals surface area (Å²) in [6.45, 7) is 1.84. The van der Waals surface area contributed by atoms with E-state index in [0.29, 0.717) is 16.7 Å². The van der Waals surface area contributed by atoms with Gasteiger partial charge in [0.15, 0.2) is 0 Å². The first-order chi connectivity index (χ1) is 9.91. The highest BCUT2D eigenvalue weighted by Crippen LogP contribution is 2.15. The van der Waals surface area contributed by atoms with Crippen LogP contribution in [-0.4, -0.2) is 36.2 Å². The van der Waals surface area contributed by atoms with Crippen molar-refractivity contribution in [1.29, 1.82) is 0 Å². The molecule has 0 heterocycles. The van der Waals surface area contributed by atoms with Gasteiger partial charge >= 0.3 is 12.1 Å². The number of hydrogen-bond donors (Lipinski definition) is 3. The van der Waals surface area contributed by atoms with E-state index in [0.717, 1.165) is 6.08 Å². The second kappa shape index (κ2) is 7.68. The SMILES string of the molecule is Cc1c(/C=C/C(=O)O)cccc1C(=O)NCCOC(N)=O. The van der Waals surface area contributed by atoms with Gasteiger partial charge in [0.2, 0.25) is 0 Å². The smallest absolute Gasteiger partial charge is 0.404 e. The highest BCUT2D eigenvalue weighted by molar-refractivity contribution is 5.97. The molecule has 0 radical (unpaired) electrons. The van der Waals surface area contributed by atoms with Crippen molar-refractivity contribution in [2.45, 2.75) is 6.92 Å². The fraction of sp³-hybridized carbons (Fsp3) is 0.214. The summed E-state index contributed by atoms with van der Waals surface area (Å²) in [7, 11) is 0. The molecule has 0 bridgehead atoms. The van der Waals surface area contributed by atoms with Gasteiger partial charge in [-0.05, 0) is 30.2 Å². The average Bonchev–Trinajstić information content (AvgIpc) is 2.42. The lowest BCUT2D eigenvalue weighted by atomic mass is 10.0. The van der Waals surface area contributed by atoms with Crippen molar-refractivity contribution in [3.8, 4) is 0 Å². The van der Waals surface area contributed by atoms with E-state index in [4.69, 9.17) is 10.8 Å². The van der Waals surface area contributed by atoms with Crippen LogP contribution in [0.15, 0.2) is 24.3 Å². The molecule has 0 aliphatic rings. The van der Waals surface area contributed by atoms with Crippen LogP contribution >= 0.6 is 0 Å². The third-order valence-electron chi connectivity index (χ3n) is 2.66. The summed E-state index contributed by atoms with van der Waals surface area (Å²) in [4.78, 5) is 32.9. The molecule has 112 valence electrons. The zero-order valence-electron chi connectivity index (χ0n) is 11.5. The number of amides is 2. The van der Waals surface area contributed by atoms with Gasteiger partial charge in [-0.15, -0.1) is 0 Å². The van der Waals surface area contributed by atoms with Gasteiger partial charge in [-0.25, -0.2) is 9.59 Å². The molecule has 0 spiro atoms. The van der Waals surface area contributed by atoms with E-state index in [1.54, 1.807) is 25.1 Å². The van der Waals surface area contributed by atoms with E-state index in [9.17, 15) is 14.4 Å². The molecule has 0 saturated carbocycles. The summed E-state index contributed by atoms with van der Waals surface area (Å²) >= 11 is 0. The summed E-state index contributed by atoms with van der Waals surface area (Å²) in [6.07, 6.45) is 1.52.